The van der Waals surface area contributed by atoms with E-state index in [4.69, 9.17) is 37.6 Å². The van der Waals surface area contributed by atoms with Crippen LogP contribution in [0.15, 0.2) is 27.4 Å². The second-order valence-corrected chi connectivity index (χ2v) is 7.75. The zero-order valence-corrected chi connectivity index (χ0v) is 22.0. The molecule has 3 rings (SSSR count). The fourth-order valence-corrected chi connectivity index (χ4v) is 3.63. The van der Waals surface area contributed by atoms with E-state index in [-0.39, 0.29) is 51.0 Å². The van der Waals surface area contributed by atoms with Gasteiger partial charge < -0.3 is 37.6 Å². The molecule has 0 spiro atoms. The molecule has 206 valence electrons. The van der Waals surface area contributed by atoms with Gasteiger partial charge in [-0.25, -0.2) is 0 Å². The monoisotopic (exact) mass is 544 g/mol. The molecule has 1 aromatic heterocycles. The molecule has 0 unspecified atom stereocenters. The van der Waals surface area contributed by atoms with Gasteiger partial charge in [0, 0.05) is 33.8 Å². The van der Waals surface area contributed by atoms with Crippen LogP contribution >= 0.6 is 0 Å². The van der Waals surface area contributed by atoms with E-state index in [0.29, 0.717) is 0 Å². The van der Waals surface area contributed by atoms with Crippen LogP contribution in [0.1, 0.15) is 27.7 Å². The molecule has 0 aliphatic heterocycles. The van der Waals surface area contributed by atoms with E-state index in [0.717, 1.165) is 27.7 Å². The Labute approximate surface area is 221 Å². The number of carbonyl (C=O) groups excluding carboxylic acids is 4. The molecule has 0 saturated heterocycles. The van der Waals surface area contributed by atoms with Crippen LogP contribution in [0.5, 0.6) is 40.2 Å². The van der Waals surface area contributed by atoms with Crippen molar-refractivity contribution < 1.29 is 56.8 Å². The first-order valence-electron chi connectivity index (χ1n) is 11.1. The number of hydrogen-bond donors (Lipinski definition) is 0. The van der Waals surface area contributed by atoms with Crippen LogP contribution in [-0.4, -0.2) is 45.2 Å². The number of esters is 4. The molecule has 0 atom stereocenters. The molecule has 0 aliphatic rings. The average molecular weight is 544 g/mol. The average Bonchev–Trinajstić information content (AvgIpc) is 2.84. The van der Waals surface area contributed by atoms with E-state index >= 15 is 0 Å². The number of rotatable bonds is 8. The minimum atomic E-state index is -0.848. The van der Waals surface area contributed by atoms with Gasteiger partial charge in [-0.05, 0) is 12.1 Å². The van der Waals surface area contributed by atoms with Crippen molar-refractivity contribution >= 4 is 34.8 Å². The summed E-state index contributed by atoms with van der Waals surface area (Å²) in [7, 11) is 3.73. The third-order valence-corrected chi connectivity index (χ3v) is 4.96. The number of carbonyl (C=O) groups is 4. The van der Waals surface area contributed by atoms with Crippen LogP contribution in [-0.2, 0) is 19.2 Å². The minimum absolute atomic E-state index is 0.0323. The summed E-state index contributed by atoms with van der Waals surface area (Å²) in [6, 6.07) is 4.00. The van der Waals surface area contributed by atoms with Crippen molar-refractivity contribution in [3.8, 4) is 51.6 Å². The van der Waals surface area contributed by atoms with Crippen molar-refractivity contribution in [3.63, 3.8) is 0 Å². The Morgan fingerprint density at radius 2 is 1.10 bits per heavy atom. The molecule has 0 radical (unpaired) electrons. The summed E-state index contributed by atoms with van der Waals surface area (Å²) in [5, 5.41) is -0.314. The minimum Gasteiger partial charge on any atom is -0.493 e. The Morgan fingerprint density at radius 1 is 0.615 bits per heavy atom. The zero-order valence-electron chi connectivity index (χ0n) is 22.0. The van der Waals surface area contributed by atoms with Crippen LogP contribution in [0, 0.1) is 0 Å². The predicted octanol–water partition coefficient (Wildman–Crippen LogP) is 3.19. The Hall–Kier alpha value is -5.07. The van der Waals surface area contributed by atoms with Gasteiger partial charge in [0.2, 0.25) is 22.7 Å². The summed E-state index contributed by atoms with van der Waals surface area (Å²) < 4.78 is 42.9. The Bertz CT molecular complexity index is 1550. The lowest BCUT2D eigenvalue weighted by Crippen LogP contribution is -2.14. The van der Waals surface area contributed by atoms with E-state index in [2.05, 4.69) is 0 Å². The predicted molar refractivity (Wildman–Crippen MR) is 133 cm³/mol. The van der Waals surface area contributed by atoms with Gasteiger partial charge in [0.1, 0.15) is 11.0 Å². The number of benzene rings is 2. The molecule has 13 heteroatoms. The SMILES string of the molecule is COc1ccc(-c2oc3cc(OC)c(OC(C)=O)c(OC(C)=O)c3c(=O)c2OC)c(OC(C)=O)c1OC(C)=O. The maximum Gasteiger partial charge on any atom is 0.308 e. The van der Waals surface area contributed by atoms with Crippen molar-refractivity contribution in [2.24, 2.45) is 0 Å². The van der Waals surface area contributed by atoms with Crippen LogP contribution in [0.2, 0.25) is 0 Å². The number of fused-ring (bicyclic) bond motifs is 1. The highest BCUT2D eigenvalue weighted by molar-refractivity contribution is 5.95. The largest absolute Gasteiger partial charge is 0.493 e. The fourth-order valence-electron chi connectivity index (χ4n) is 3.63. The summed E-state index contributed by atoms with van der Waals surface area (Å²) in [5.41, 5.74) is -1.06. The van der Waals surface area contributed by atoms with Gasteiger partial charge in [-0.3, -0.25) is 24.0 Å². The molecule has 0 amide bonds. The Morgan fingerprint density at radius 3 is 1.59 bits per heavy atom. The second-order valence-electron chi connectivity index (χ2n) is 7.75. The van der Waals surface area contributed by atoms with E-state index in [1.807, 2.05) is 0 Å². The van der Waals surface area contributed by atoms with Crippen molar-refractivity contribution in [1.82, 2.24) is 0 Å². The van der Waals surface area contributed by atoms with Gasteiger partial charge in [-0.2, -0.15) is 0 Å². The smallest absolute Gasteiger partial charge is 0.308 e. The van der Waals surface area contributed by atoms with Crippen molar-refractivity contribution in [3.05, 3.63) is 28.4 Å². The molecular weight excluding hydrogens is 520 g/mol. The Balaban J connectivity index is 2.52. The first-order valence-corrected chi connectivity index (χ1v) is 11.1. The standard InChI is InChI=1S/C26H24O13/c1-11(27)35-21-15(8-9-16(32-5)23(21)36-12(2)28)22-26(34-7)20(31)19-17(39-22)10-18(33-6)24(37-13(3)29)25(19)38-14(4)30/h8-10H,1-7H3. The zero-order chi connectivity index (χ0) is 29.0. The lowest BCUT2D eigenvalue weighted by molar-refractivity contribution is -0.134. The number of ether oxygens (including phenoxy) is 7. The highest BCUT2D eigenvalue weighted by Gasteiger charge is 2.30. The van der Waals surface area contributed by atoms with Gasteiger partial charge in [0.05, 0.1) is 26.9 Å². The van der Waals surface area contributed by atoms with E-state index < -0.39 is 40.8 Å². The van der Waals surface area contributed by atoms with E-state index in [9.17, 15) is 24.0 Å². The molecular formula is C26H24O13. The first kappa shape index (κ1) is 28.5. The van der Waals surface area contributed by atoms with Crippen LogP contribution in [0.25, 0.3) is 22.3 Å². The maximum absolute atomic E-state index is 13.7. The second kappa shape index (κ2) is 11.5. The molecule has 0 saturated carbocycles. The Kier molecular flexibility index (Phi) is 8.44. The maximum atomic E-state index is 13.7. The lowest BCUT2D eigenvalue weighted by Gasteiger charge is -2.18. The van der Waals surface area contributed by atoms with Crippen LogP contribution in [0.3, 0.4) is 0 Å². The quantitative estimate of drug-likeness (QED) is 0.300. The van der Waals surface area contributed by atoms with E-state index in [1.54, 1.807) is 0 Å². The first-order chi connectivity index (χ1) is 18.4. The number of hydrogen-bond acceptors (Lipinski definition) is 13. The van der Waals surface area contributed by atoms with Gasteiger partial charge in [0.25, 0.3) is 0 Å². The molecule has 1 heterocycles. The summed E-state index contributed by atoms with van der Waals surface area (Å²) in [4.78, 5) is 61.2. The van der Waals surface area contributed by atoms with Gasteiger partial charge in [-0.1, -0.05) is 0 Å². The molecule has 39 heavy (non-hydrogen) atoms. The third kappa shape index (κ3) is 5.76. The van der Waals surface area contributed by atoms with Crippen LogP contribution < -0.4 is 38.6 Å². The summed E-state index contributed by atoms with van der Waals surface area (Å²) in [5.74, 6) is -5.23. The number of methoxy groups -OCH3 is 3. The topological polar surface area (TPSA) is 163 Å². The summed E-state index contributed by atoms with van der Waals surface area (Å²) in [6.07, 6.45) is 0. The highest BCUT2D eigenvalue weighted by atomic mass is 16.6. The van der Waals surface area contributed by atoms with Crippen LogP contribution in [0.4, 0.5) is 0 Å². The lowest BCUT2D eigenvalue weighted by atomic mass is 10.1. The van der Waals surface area contributed by atoms with Gasteiger partial charge in [-0.15, -0.1) is 0 Å². The molecule has 0 bridgehead atoms. The molecule has 0 aliphatic carbocycles. The molecule has 3 aromatic rings. The molecule has 2 aromatic carbocycles. The van der Waals surface area contributed by atoms with Gasteiger partial charge in [0.15, 0.2) is 28.8 Å². The summed E-state index contributed by atoms with van der Waals surface area (Å²) in [6.45, 7) is 4.43. The molecule has 13 nitrogen and oxygen atoms in total. The highest BCUT2D eigenvalue weighted by Crippen LogP contribution is 2.49. The van der Waals surface area contributed by atoms with Crippen molar-refractivity contribution in [2.45, 2.75) is 27.7 Å². The van der Waals surface area contributed by atoms with Gasteiger partial charge >= 0.3 is 23.9 Å². The molecule has 0 fully saturated rings. The van der Waals surface area contributed by atoms with E-state index in [1.165, 1.54) is 39.5 Å². The fraction of sp³-hybridized carbons (Fsp3) is 0.269. The van der Waals surface area contributed by atoms with Crippen molar-refractivity contribution in [2.75, 3.05) is 21.3 Å². The summed E-state index contributed by atoms with van der Waals surface area (Å²) >= 11 is 0. The molecule has 0 N–H and O–H groups in total. The normalized spacial score (nSPS) is 10.4. The van der Waals surface area contributed by atoms with Crippen molar-refractivity contribution in [1.29, 1.82) is 0 Å². The third-order valence-electron chi connectivity index (χ3n) is 4.96.